The molecule has 7 nitrogen and oxygen atoms in total. The van der Waals surface area contributed by atoms with E-state index in [2.05, 4.69) is 24.5 Å². The van der Waals surface area contributed by atoms with Gasteiger partial charge in [-0.2, -0.15) is 0 Å². The van der Waals surface area contributed by atoms with Gasteiger partial charge in [0.1, 0.15) is 11.6 Å². The van der Waals surface area contributed by atoms with Crippen LogP contribution in [0, 0.1) is 30.6 Å². The molecule has 192 valence electrons. The van der Waals surface area contributed by atoms with Gasteiger partial charge in [-0.15, -0.1) is 0 Å². The standard InChI is InChI=1S/C28H34ClN3O4/c1-14-5-4-6-20(16(14)3)31-26(34)24-28-12-11-21(36-28)22(23(28)27(35)32(24)18-9-10-18)25(33)30-17-8-7-15(2)19(29)13-17/h7-8,11-14,16,18,20-24H,4-6,9-10H2,1-3H3,(H,30,33)(H,31,34)/t14?,16?,20?,21-,22?,23-,24?,28?/m1/s1. The Morgan fingerprint density at radius 1 is 1.14 bits per heavy atom. The lowest BCUT2D eigenvalue weighted by Crippen LogP contribution is -2.58. The second-order valence-corrected chi connectivity index (χ2v) is 11.9. The van der Waals surface area contributed by atoms with Gasteiger partial charge in [0.15, 0.2) is 0 Å². The fourth-order valence-corrected chi connectivity index (χ4v) is 7.08. The highest BCUT2D eigenvalue weighted by Crippen LogP contribution is 2.57. The first-order valence-electron chi connectivity index (χ1n) is 13.3. The molecule has 6 rings (SSSR count). The molecule has 2 saturated carbocycles. The number of carbonyl (C=O) groups excluding carboxylic acids is 3. The van der Waals surface area contributed by atoms with Crippen molar-refractivity contribution in [3.63, 3.8) is 0 Å². The minimum Gasteiger partial charge on any atom is -0.359 e. The molecule has 4 fully saturated rings. The second-order valence-electron chi connectivity index (χ2n) is 11.5. The van der Waals surface area contributed by atoms with Crippen LogP contribution in [0.15, 0.2) is 30.4 Å². The number of halogens is 1. The number of nitrogens with one attached hydrogen (secondary N) is 2. The van der Waals surface area contributed by atoms with Crippen molar-refractivity contribution in [1.29, 1.82) is 0 Å². The second kappa shape index (κ2) is 8.59. The number of carbonyl (C=O) groups is 3. The van der Waals surface area contributed by atoms with Crippen LogP contribution in [0.1, 0.15) is 51.5 Å². The largest absolute Gasteiger partial charge is 0.359 e. The number of hydrogen-bond donors (Lipinski definition) is 2. The Labute approximate surface area is 217 Å². The third-order valence-corrected chi connectivity index (χ3v) is 9.68. The normalized spacial score (nSPS) is 38.8. The topological polar surface area (TPSA) is 87.7 Å². The van der Waals surface area contributed by atoms with Gasteiger partial charge in [0.05, 0.1) is 17.9 Å². The van der Waals surface area contributed by atoms with Crippen molar-refractivity contribution in [2.75, 3.05) is 5.32 Å². The number of rotatable bonds is 5. The average molecular weight is 512 g/mol. The van der Waals surface area contributed by atoms with Crippen molar-refractivity contribution >= 4 is 35.0 Å². The highest BCUT2D eigenvalue weighted by Gasteiger charge is 2.74. The molecule has 2 bridgehead atoms. The lowest BCUT2D eigenvalue weighted by atomic mass is 9.73. The van der Waals surface area contributed by atoms with E-state index in [9.17, 15) is 14.4 Å². The summed E-state index contributed by atoms with van der Waals surface area (Å²) in [6, 6.07) is 4.73. The van der Waals surface area contributed by atoms with Gasteiger partial charge in [-0.3, -0.25) is 14.4 Å². The highest BCUT2D eigenvalue weighted by molar-refractivity contribution is 6.31. The molecule has 2 aliphatic carbocycles. The van der Waals surface area contributed by atoms with Crippen molar-refractivity contribution in [2.24, 2.45) is 23.7 Å². The average Bonchev–Trinajstić information content (AvgIpc) is 3.43. The maximum Gasteiger partial charge on any atom is 0.246 e. The summed E-state index contributed by atoms with van der Waals surface area (Å²) in [5.41, 5.74) is 0.391. The molecule has 0 radical (unpaired) electrons. The fourth-order valence-electron chi connectivity index (χ4n) is 6.90. The van der Waals surface area contributed by atoms with Crippen LogP contribution in [0.4, 0.5) is 5.69 Å². The number of anilines is 1. The van der Waals surface area contributed by atoms with Crippen molar-refractivity contribution in [3.8, 4) is 0 Å². The molecule has 8 atom stereocenters. The molecule has 2 N–H and O–H groups in total. The number of likely N-dealkylation sites (tertiary alicyclic amines) is 1. The highest BCUT2D eigenvalue weighted by atomic mass is 35.5. The number of fused-ring (bicyclic) bond motifs is 1. The van der Waals surface area contributed by atoms with Gasteiger partial charge in [0.2, 0.25) is 17.7 Å². The molecule has 3 heterocycles. The molecule has 3 amide bonds. The van der Waals surface area contributed by atoms with E-state index in [-0.39, 0.29) is 29.8 Å². The van der Waals surface area contributed by atoms with E-state index in [1.165, 1.54) is 6.42 Å². The number of hydrogen-bond acceptors (Lipinski definition) is 4. The minimum absolute atomic E-state index is 0.0339. The molecular formula is C28H34ClN3O4. The van der Waals surface area contributed by atoms with E-state index < -0.39 is 29.6 Å². The monoisotopic (exact) mass is 511 g/mol. The van der Waals surface area contributed by atoms with E-state index in [4.69, 9.17) is 16.3 Å². The lowest BCUT2D eigenvalue weighted by Gasteiger charge is -2.38. The summed E-state index contributed by atoms with van der Waals surface area (Å²) in [5, 5.41) is 6.80. The molecule has 2 saturated heterocycles. The van der Waals surface area contributed by atoms with Crippen molar-refractivity contribution < 1.29 is 19.1 Å². The first-order valence-corrected chi connectivity index (χ1v) is 13.7. The summed E-state index contributed by atoms with van der Waals surface area (Å²) in [6.45, 7) is 6.33. The van der Waals surface area contributed by atoms with Crippen LogP contribution in [0.5, 0.6) is 0 Å². The predicted octanol–water partition coefficient (Wildman–Crippen LogP) is 3.84. The van der Waals surface area contributed by atoms with Gasteiger partial charge < -0.3 is 20.3 Å². The summed E-state index contributed by atoms with van der Waals surface area (Å²) in [4.78, 5) is 43.0. The molecule has 36 heavy (non-hydrogen) atoms. The SMILES string of the molecule is Cc1ccc(NC(=O)C2[C@H]3C=CC4(O3)C(C(=O)NC3CCCC(C)C3C)N(C3CC3)C(=O)[C@@H]24)cc1Cl. The van der Waals surface area contributed by atoms with Gasteiger partial charge in [-0.05, 0) is 55.7 Å². The number of ether oxygens (including phenoxy) is 1. The van der Waals surface area contributed by atoms with Crippen LogP contribution >= 0.6 is 11.6 Å². The summed E-state index contributed by atoms with van der Waals surface area (Å²) >= 11 is 6.25. The molecule has 1 spiro atoms. The number of aryl methyl sites for hydroxylation is 1. The van der Waals surface area contributed by atoms with Gasteiger partial charge in [0.25, 0.3) is 0 Å². The summed E-state index contributed by atoms with van der Waals surface area (Å²) < 4.78 is 6.43. The van der Waals surface area contributed by atoms with Gasteiger partial charge >= 0.3 is 0 Å². The first-order chi connectivity index (χ1) is 17.2. The predicted molar refractivity (Wildman–Crippen MR) is 136 cm³/mol. The van der Waals surface area contributed by atoms with Crippen LogP contribution in [0.2, 0.25) is 5.02 Å². The molecular weight excluding hydrogens is 478 g/mol. The van der Waals surface area contributed by atoms with Crippen LogP contribution in [0.25, 0.3) is 0 Å². The molecule has 3 aliphatic heterocycles. The van der Waals surface area contributed by atoms with Crippen LogP contribution < -0.4 is 10.6 Å². The Bertz CT molecular complexity index is 1150. The van der Waals surface area contributed by atoms with Gasteiger partial charge in [-0.1, -0.05) is 56.5 Å². The number of nitrogens with zero attached hydrogens (tertiary/aromatic N) is 1. The third kappa shape index (κ3) is 3.61. The summed E-state index contributed by atoms with van der Waals surface area (Å²) in [7, 11) is 0. The van der Waals surface area contributed by atoms with E-state index in [1.807, 2.05) is 25.1 Å². The molecule has 8 heteroatoms. The maximum atomic E-state index is 13.9. The van der Waals surface area contributed by atoms with Gasteiger partial charge in [0, 0.05) is 22.8 Å². The lowest BCUT2D eigenvalue weighted by molar-refractivity contribution is -0.142. The summed E-state index contributed by atoms with van der Waals surface area (Å²) in [6.07, 6.45) is 8.16. The Kier molecular flexibility index (Phi) is 5.72. The zero-order valence-corrected chi connectivity index (χ0v) is 21.8. The minimum atomic E-state index is -1.11. The molecule has 1 aromatic rings. The van der Waals surface area contributed by atoms with Crippen molar-refractivity contribution in [3.05, 3.63) is 40.9 Å². The number of amides is 3. The zero-order chi connectivity index (χ0) is 25.4. The van der Waals surface area contributed by atoms with E-state index >= 15 is 0 Å². The Hall–Kier alpha value is -2.38. The van der Waals surface area contributed by atoms with Crippen molar-refractivity contribution in [1.82, 2.24) is 10.2 Å². The van der Waals surface area contributed by atoms with Crippen LogP contribution in [-0.4, -0.2) is 52.5 Å². The maximum absolute atomic E-state index is 13.9. The quantitative estimate of drug-likeness (QED) is 0.588. The smallest absolute Gasteiger partial charge is 0.246 e. The number of benzene rings is 1. The molecule has 0 aromatic heterocycles. The zero-order valence-electron chi connectivity index (χ0n) is 21.0. The third-order valence-electron chi connectivity index (χ3n) is 9.28. The Morgan fingerprint density at radius 2 is 1.92 bits per heavy atom. The Morgan fingerprint density at radius 3 is 2.64 bits per heavy atom. The van der Waals surface area contributed by atoms with Crippen LogP contribution in [-0.2, 0) is 19.1 Å². The van der Waals surface area contributed by atoms with Crippen LogP contribution in [0.3, 0.4) is 0 Å². The van der Waals surface area contributed by atoms with E-state index in [1.54, 1.807) is 17.0 Å². The van der Waals surface area contributed by atoms with Gasteiger partial charge in [-0.25, -0.2) is 0 Å². The fraction of sp³-hybridized carbons (Fsp3) is 0.607. The van der Waals surface area contributed by atoms with Crippen molar-refractivity contribution in [2.45, 2.75) is 82.7 Å². The summed E-state index contributed by atoms with van der Waals surface area (Å²) in [5.74, 6) is -1.07. The molecule has 1 aromatic carbocycles. The molecule has 6 unspecified atom stereocenters. The van der Waals surface area contributed by atoms with E-state index in [0.29, 0.717) is 22.5 Å². The van der Waals surface area contributed by atoms with E-state index in [0.717, 1.165) is 31.2 Å². The molecule has 5 aliphatic rings. The Balaban J connectivity index is 1.28. The first kappa shape index (κ1) is 24.0.